The molecule has 174 valence electrons. The molecule has 1 aliphatic carbocycles. The van der Waals surface area contributed by atoms with Gasteiger partial charge < -0.3 is 9.88 Å². The van der Waals surface area contributed by atoms with Crippen molar-refractivity contribution < 1.29 is 14.9 Å². The maximum Gasteiger partial charge on any atom is 0.318 e. The Kier molecular flexibility index (Phi) is 4.68. The summed E-state index contributed by atoms with van der Waals surface area (Å²) in [5.74, 6) is 0.162. The molecule has 2 aliphatic rings. The van der Waals surface area contributed by atoms with Crippen LogP contribution < -0.4 is 5.32 Å². The summed E-state index contributed by atoms with van der Waals surface area (Å²) >= 11 is 0. The minimum absolute atomic E-state index is 0.124. The number of ketones is 1. The van der Waals surface area contributed by atoms with E-state index in [1.807, 2.05) is 41.1 Å². The van der Waals surface area contributed by atoms with Crippen molar-refractivity contribution in [2.45, 2.75) is 32.7 Å². The third kappa shape index (κ3) is 3.44. The molecule has 3 aromatic carbocycles. The Hall–Kier alpha value is -4.19. The van der Waals surface area contributed by atoms with Gasteiger partial charge in [-0.2, -0.15) is 0 Å². The third-order valence-corrected chi connectivity index (χ3v) is 7.14. The van der Waals surface area contributed by atoms with Crippen molar-refractivity contribution in [1.82, 2.24) is 4.57 Å². The average molecular weight is 465 g/mol. The molecule has 2 N–H and O–H groups in total. The van der Waals surface area contributed by atoms with Crippen molar-refractivity contribution in [2.24, 2.45) is 5.41 Å². The third-order valence-electron chi connectivity index (χ3n) is 7.14. The highest BCUT2D eigenvalue weighted by Gasteiger charge is 2.41. The summed E-state index contributed by atoms with van der Waals surface area (Å²) in [6.07, 6.45) is 3.23. The molecule has 0 saturated heterocycles. The Morgan fingerprint density at radius 2 is 1.83 bits per heavy atom. The highest BCUT2D eigenvalue weighted by molar-refractivity contribution is 6.12. The van der Waals surface area contributed by atoms with Gasteiger partial charge in [0.2, 0.25) is 0 Å². The molecule has 1 aliphatic heterocycles. The first-order valence-electron chi connectivity index (χ1n) is 11.8. The van der Waals surface area contributed by atoms with Gasteiger partial charge in [-0.25, -0.2) is 5.21 Å². The highest BCUT2D eigenvalue weighted by Crippen LogP contribution is 2.52. The molecule has 0 spiro atoms. The molecule has 0 radical (unpaired) electrons. The number of anilines is 1. The van der Waals surface area contributed by atoms with E-state index in [4.69, 9.17) is 0 Å². The van der Waals surface area contributed by atoms with E-state index >= 15 is 0 Å². The van der Waals surface area contributed by atoms with Crippen LogP contribution in [0.4, 0.5) is 11.4 Å². The van der Waals surface area contributed by atoms with Crippen LogP contribution in [0.2, 0.25) is 0 Å². The van der Waals surface area contributed by atoms with Crippen LogP contribution in [0.1, 0.15) is 44.0 Å². The lowest BCUT2D eigenvalue weighted by Gasteiger charge is -2.40. The predicted octanol–water partition coefficient (Wildman–Crippen LogP) is 6.74. The number of carbonyl (C=O) groups excluding carboxylic acids is 1. The van der Waals surface area contributed by atoms with Crippen LogP contribution in [-0.2, 0) is 4.79 Å². The molecule has 6 heteroatoms. The minimum Gasteiger partial charge on any atom is -0.372 e. The normalized spacial score (nSPS) is 18.7. The second kappa shape index (κ2) is 7.67. The largest absolute Gasteiger partial charge is 0.372 e. The molecular weight excluding hydrogens is 438 g/mol. The Bertz CT molecular complexity index is 1560. The van der Waals surface area contributed by atoms with Crippen LogP contribution in [0.25, 0.3) is 22.0 Å². The summed E-state index contributed by atoms with van der Waals surface area (Å²) < 4.78 is 1.97. The molecule has 0 amide bonds. The molecule has 35 heavy (non-hydrogen) atoms. The first-order valence-corrected chi connectivity index (χ1v) is 11.8. The Balaban J connectivity index is 1.57. The van der Waals surface area contributed by atoms with Crippen molar-refractivity contribution in [1.29, 1.82) is 0 Å². The molecule has 0 bridgehead atoms. The zero-order chi connectivity index (χ0) is 24.3. The molecule has 6 nitrogen and oxygen atoms in total. The number of rotatable bonds is 3. The Morgan fingerprint density at radius 1 is 1.00 bits per heavy atom. The summed E-state index contributed by atoms with van der Waals surface area (Å²) in [6, 6.07) is 22.9. The van der Waals surface area contributed by atoms with Crippen LogP contribution in [0.5, 0.6) is 0 Å². The molecular formula is C29H26N3O3+. The van der Waals surface area contributed by atoms with Gasteiger partial charge in [-0.1, -0.05) is 50.2 Å². The molecule has 2 heterocycles. The van der Waals surface area contributed by atoms with Gasteiger partial charge >= 0.3 is 5.69 Å². The lowest BCUT2D eigenvalue weighted by molar-refractivity contribution is -0.729. The van der Waals surface area contributed by atoms with Gasteiger partial charge in [0.05, 0.1) is 16.6 Å². The number of carbonyl (C=O) groups is 1. The molecule has 1 unspecified atom stereocenters. The number of benzene rings is 3. The van der Waals surface area contributed by atoms with Crippen LogP contribution in [0.3, 0.4) is 0 Å². The van der Waals surface area contributed by atoms with Crippen molar-refractivity contribution in [3.05, 3.63) is 101 Å². The van der Waals surface area contributed by atoms with E-state index in [-0.39, 0.29) is 27.9 Å². The first-order chi connectivity index (χ1) is 16.8. The molecule has 4 aromatic rings. The number of fused-ring (bicyclic) bond motifs is 4. The average Bonchev–Trinajstić information content (AvgIpc) is 3.32. The molecule has 6 rings (SSSR count). The fourth-order valence-electron chi connectivity index (χ4n) is 5.69. The van der Waals surface area contributed by atoms with E-state index in [1.165, 1.54) is 0 Å². The van der Waals surface area contributed by atoms with E-state index in [2.05, 4.69) is 43.4 Å². The summed E-state index contributed by atoms with van der Waals surface area (Å²) in [4.78, 5) is 25.0. The second-order valence-electron chi connectivity index (χ2n) is 10.2. The summed E-state index contributed by atoms with van der Waals surface area (Å²) in [5, 5.41) is 15.4. The van der Waals surface area contributed by atoms with Crippen LogP contribution in [0, 0.1) is 10.3 Å². The number of hydrogen-bond acceptors (Lipinski definition) is 3. The van der Waals surface area contributed by atoms with Gasteiger partial charge in [0.1, 0.15) is 0 Å². The Labute approximate surface area is 203 Å². The van der Waals surface area contributed by atoms with Crippen LogP contribution in [-0.4, -0.2) is 20.5 Å². The van der Waals surface area contributed by atoms with Crippen molar-refractivity contribution in [3.63, 3.8) is 0 Å². The molecule has 1 atom stereocenters. The molecule has 1 aromatic heterocycles. The van der Waals surface area contributed by atoms with Gasteiger partial charge in [-0.05, 0) is 52.4 Å². The zero-order valence-corrected chi connectivity index (χ0v) is 19.7. The quantitative estimate of drug-likeness (QED) is 0.329. The molecule has 0 saturated carbocycles. The zero-order valence-electron chi connectivity index (χ0n) is 19.7. The lowest BCUT2D eigenvalue weighted by atomic mass is 9.68. The fourth-order valence-corrected chi connectivity index (χ4v) is 5.69. The smallest absolute Gasteiger partial charge is 0.318 e. The minimum atomic E-state index is -0.335. The monoisotopic (exact) mass is 464 g/mol. The van der Waals surface area contributed by atoms with E-state index in [1.54, 1.807) is 18.2 Å². The van der Waals surface area contributed by atoms with Gasteiger partial charge in [-0.3, -0.25) is 4.79 Å². The lowest BCUT2D eigenvalue weighted by Crippen LogP contribution is -2.33. The molecule has 0 fully saturated rings. The summed E-state index contributed by atoms with van der Waals surface area (Å²) in [6.45, 7) is 4.32. The standard InChI is InChI=1S/C29H25N3O3/c1-29(2)16-22-26-21-10-4-3-7-18(21)12-13-23(26)30-28(27(22)25(33)17-29)24-11-6-14-31(24)19-8-5-9-20(15-19)32(34)35/h3-15,28H,16-17H2,1-2H3,(H-,30,33,34,35)/p+1. The second-order valence-corrected chi connectivity index (χ2v) is 10.2. The van der Waals surface area contributed by atoms with Gasteiger partial charge in [0, 0.05) is 47.3 Å². The maximum atomic E-state index is 13.7. The van der Waals surface area contributed by atoms with Crippen LogP contribution in [0.15, 0.2) is 84.6 Å². The van der Waals surface area contributed by atoms with E-state index in [0.717, 1.165) is 51.0 Å². The summed E-state index contributed by atoms with van der Waals surface area (Å²) in [7, 11) is 0. The number of aromatic nitrogens is 1. The van der Waals surface area contributed by atoms with E-state index in [0.29, 0.717) is 6.42 Å². The predicted molar refractivity (Wildman–Crippen MR) is 136 cm³/mol. The van der Waals surface area contributed by atoms with Crippen molar-refractivity contribution in [2.75, 3.05) is 5.32 Å². The van der Waals surface area contributed by atoms with Gasteiger partial charge in [0.15, 0.2) is 5.78 Å². The fraction of sp³-hybridized carbons (Fsp3) is 0.207. The van der Waals surface area contributed by atoms with E-state index < -0.39 is 0 Å². The van der Waals surface area contributed by atoms with Crippen molar-refractivity contribution >= 4 is 33.5 Å². The number of nitrogens with one attached hydrogen (secondary N) is 1. The maximum absolute atomic E-state index is 13.7. The summed E-state index contributed by atoms with van der Waals surface area (Å²) in [5.41, 5.74) is 5.72. The Morgan fingerprint density at radius 3 is 2.66 bits per heavy atom. The first kappa shape index (κ1) is 21.4. The van der Waals surface area contributed by atoms with Gasteiger partial charge in [0.25, 0.3) is 4.92 Å². The number of Topliss-reactive ketones (excluding diaryl/α,β-unsaturated/α-hetero) is 1. The SMILES string of the molecule is CC1(C)CC(=O)C2=C(C1)c1c(ccc3ccccc13)NC2c1cccn1-c1cccc([N+](=O)O)c1. The van der Waals surface area contributed by atoms with Gasteiger partial charge in [-0.15, -0.1) is 0 Å². The highest BCUT2D eigenvalue weighted by atomic mass is 16.6. The van der Waals surface area contributed by atoms with E-state index in [9.17, 15) is 14.9 Å². The number of allylic oxidation sites excluding steroid dienone is 1. The van der Waals surface area contributed by atoms with Crippen LogP contribution >= 0.6 is 0 Å². The van der Waals surface area contributed by atoms with Crippen molar-refractivity contribution in [3.8, 4) is 5.69 Å². The topological polar surface area (TPSA) is 74.3 Å². The number of hydrogen-bond donors (Lipinski definition) is 2. The number of nitrogens with zero attached hydrogens (tertiary/aromatic N) is 2.